The lowest BCUT2D eigenvalue weighted by Gasteiger charge is -2.03. The molecule has 0 radical (unpaired) electrons. The van der Waals surface area contributed by atoms with Crippen LogP contribution in [0, 0.1) is 0 Å². The molecule has 1 aromatic carbocycles. The Hall–Kier alpha value is -1.22. The number of benzene rings is 1. The second-order valence-corrected chi connectivity index (χ2v) is 3.13. The van der Waals surface area contributed by atoms with E-state index in [0.717, 1.165) is 12.0 Å². The molecule has 0 aliphatic carbocycles. The highest BCUT2D eigenvalue weighted by molar-refractivity contribution is 7.97. The van der Waals surface area contributed by atoms with Crippen LogP contribution in [0.1, 0.15) is 15.9 Å². The number of carbonyl (C=O) groups excluding carboxylic acids is 1. The van der Waals surface area contributed by atoms with Gasteiger partial charge in [0.2, 0.25) is 5.12 Å². The molecule has 1 aromatic rings. The van der Waals surface area contributed by atoms with Gasteiger partial charge >= 0.3 is 0 Å². The summed E-state index contributed by atoms with van der Waals surface area (Å²) in [6.45, 7) is 3.62. The van der Waals surface area contributed by atoms with E-state index in [9.17, 15) is 4.79 Å². The number of hydrogen-bond acceptors (Lipinski definition) is 2. The smallest absolute Gasteiger partial charge is 0.218 e. The summed E-state index contributed by atoms with van der Waals surface area (Å²) < 4.78 is 0. The second-order valence-electron chi connectivity index (χ2n) is 2.72. The van der Waals surface area contributed by atoms with Gasteiger partial charge in [0.1, 0.15) is 0 Å². The fourth-order valence-electron chi connectivity index (χ4n) is 1.08. The van der Waals surface area contributed by atoms with Gasteiger partial charge in [-0.1, -0.05) is 12.1 Å². The van der Waals surface area contributed by atoms with E-state index in [4.69, 9.17) is 5.73 Å². The highest BCUT2D eigenvalue weighted by atomic mass is 32.1. The lowest BCUT2D eigenvalue weighted by Crippen LogP contribution is -1.98. The normalized spacial score (nSPS) is 9.62. The van der Waals surface area contributed by atoms with Crippen LogP contribution < -0.4 is 5.73 Å². The van der Waals surface area contributed by atoms with Crippen molar-refractivity contribution in [3.8, 4) is 0 Å². The van der Waals surface area contributed by atoms with Gasteiger partial charge in [-0.2, -0.15) is 0 Å². The number of anilines is 1. The first kappa shape index (κ1) is 9.86. The van der Waals surface area contributed by atoms with Gasteiger partial charge in [-0.05, 0) is 24.1 Å². The predicted octanol–water partition coefficient (Wildman–Crippen LogP) is 2.07. The van der Waals surface area contributed by atoms with E-state index in [1.54, 1.807) is 18.2 Å². The molecule has 0 saturated carbocycles. The molecule has 0 amide bonds. The first-order valence-corrected chi connectivity index (χ1v) is 4.32. The largest absolute Gasteiger partial charge is 0.398 e. The van der Waals surface area contributed by atoms with Crippen LogP contribution in [0.3, 0.4) is 0 Å². The Morgan fingerprint density at radius 3 is 2.85 bits per heavy atom. The van der Waals surface area contributed by atoms with Gasteiger partial charge in [-0.25, -0.2) is 0 Å². The van der Waals surface area contributed by atoms with Crippen molar-refractivity contribution in [2.45, 2.75) is 6.42 Å². The summed E-state index contributed by atoms with van der Waals surface area (Å²) in [6.07, 6.45) is 2.51. The Bertz CT molecular complexity index is 347. The quantitative estimate of drug-likeness (QED) is 0.438. The van der Waals surface area contributed by atoms with E-state index in [1.165, 1.54) is 0 Å². The minimum absolute atomic E-state index is 0.302. The lowest BCUT2D eigenvalue weighted by atomic mass is 10.1. The minimum Gasteiger partial charge on any atom is -0.398 e. The molecule has 0 heterocycles. The second kappa shape index (κ2) is 4.14. The fraction of sp³-hybridized carbons (Fsp3) is 0.100. The average Bonchev–Trinajstić information content (AvgIpc) is 2.08. The average molecular weight is 193 g/mol. The number of carbonyl (C=O) groups is 1. The standard InChI is InChI=1S/C10H11NOS/c1-2-3-7-4-5-9(11)8(6-7)10(12)13/h2,4-6H,1,3,11H2,(H,12,13). The first-order chi connectivity index (χ1) is 6.15. The van der Waals surface area contributed by atoms with Gasteiger partial charge in [-0.15, -0.1) is 19.2 Å². The molecule has 0 atom stereocenters. The fourth-order valence-corrected chi connectivity index (χ4v) is 1.28. The molecule has 0 aliphatic heterocycles. The summed E-state index contributed by atoms with van der Waals surface area (Å²) >= 11 is 3.73. The van der Waals surface area contributed by atoms with Gasteiger partial charge in [-0.3, -0.25) is 4.79 Å². The third-order valence-corrected chi connectivity index (χ3v) is 1.97. The lowest BCUT2D eigenvalue weighted by molar-refractivity contribution is 0.109. The van der Waals surface area contributed by atoms with Gasteiger partial charge in [0.25, 0.3) is 0 Å². The molecule has 0 aliphatic rings. The van der Waals surface area contributed by atoms with E-state index in [1.807, 2.05) is 6.07 Å². The Balaban J connectivity index is 3.10. The van der Waals surface area contributed by atoms with Crippen LogP contribution in [0.4, 0.5) is 5.69 Å². The molecular weight excluding hydrogens is 182 g/mol. The highest BCUT2D eigenvalue weighted by Crippen LogP contribution is 2.16. The molecule has 0 fully saturated rings. The first-order valence-electron chi connectivity index (χ1n) is 3.87. The highest BCUT2D eigenvalue weighted by Gasteiger charge is 2.05. The van der Waals surface area contributed by atoms with Crippen LogP contribution in [-0.4, -0.2) is 5.12 Å². The summed E-state index contributed by atoms with van der Waals surface area (Å²) in [5.41, 5.74) is 7.53. The SMILES string of the molecule is C=CCc1ccc(N)c(C(=O)S)c1. The zero-order chi connectivity index (χ0) is 9.84. The monoisotopic (exact) mass is 193 g/mol. The molecular formula is C10H11NOS. The zero-order valence-corrected chi connectivity index (χ0v) is 8.05. The molecule has 0 saturated heterocycles. The summed E-state index contributed by atoms with van der Waals surface area (Å²) in [6, 6.07) is 5.33. The van der Waals surface area contributed by atoms with Gasteiger partial charge < -0.3 is 5.73 Å². The van der Waals surface area contributed by atoms with Crippen molar-refractivity contribution in [2.24, 2.45) is 0 Å². The van der Waals surface area contributed by atoms with Crippen molar-refractivity contribution in [3.63, 3.8) is 0 Å². The molecule has 0 aromatic heterocycles. The Kier molecular flexibility index (Phi) is 3.14. The maximum Gasteiger partial charge on any atom is 0.218 e. The molecule has 2 nitrogen and oxygen atoms in total. The van der Waals surface area contributed by atoms with E-state index in [2.05, 4.69) is 19.2 Å². The van der Waals surface area contributed by atoms with E-state index in [-0.39, 0.29) is 5.12 Å². The van der Waals surface area contributed by atoms with Gasteiger partial charge in [0, 0.05) is 5.69 Å². The number of rotatable bonds is 3. The van der Waals surface area contributed by atoms with E-state index >= 15 is 0 Å². The summed E-state index contributed by atoms with van der Waals surface area (Å²) in [4.78, 5) is 11.0. The van der Waals surface area contributed by atoms with Crippen LogP contribution in [0.2, 0.25) is 0 Å². The summed E-state index contributed by atoms with van der Waals surface area (Å²) in [5, 5.41) is -0.302. The van der Waals surface area contributed by atoms with Gasteiger partial charge in [0.05, 0.1) is 5.56 Å². The van der Waals surface area contributed by atoms with Crippen molar-refractivity contribution >= 4 is 23.4 Å². The molecule has 1 rings (SSSR count). The van der Waals surface area contributed by atoms with E-state index < -0.39 is 0 Å². The molecule has 68 valence electrons. The van der Waals surface area contributed by atoms with Crippen LogP contribution in [0.5, 0.6) is 0 Å². The van der Waals surface area contributed by atoms with Crippen molar-refractivity contribution < 1.29 is 4.79 Å². The Morgan fingerprint density at radius 2 is 2.31 bits per heavy atom. The molecule has 0 spiro atoms. The zero-order valence-electron chi connectivity index (χ0n) is 7.16. The maximum atomic E-state index is 11.0. The van der Waals surface area contributed by atoms with Crippen LogP contribution in [0.25, 0.3) is 0 Å². The predicted molar refractivity (Wildman–Crippen MR) is 58.1 cm³/mol. The van der Waals surface area contributed by atoms with Crippen LogP contribution in [-0.2, 0) is 6.42 Å². The Labute approximate surface area is 82.9 Å². The molecule has 0 bridgehead atoms. The number of nitrogens with two attached hydrogens (primary N) is 1. The van der Waals surface area contributed by atoms with Crippen LogP contribution >= 0.6 is 12.6 Å². The Morgan fingerprint density at radius 1 is 1.62 bits per heavy atom. The number of nitrogen functional groups attached to an aromatic ring is 1. The van der Waals surface area contributed by atoms with Crippen molar-refractivity contribution in [1.29, 1.82) is 0 Å². The third-order valence-electron chi connectivity index (χ3n) is 1.73. The summed E-state index contributed by atoms with van der Waals surface area (Å²) in [7, 11) is 0. The van der Waals surface area contributed by atoms with E-state index in [0.29, 0.717) is 11.3 Å². The third kappa shape index (κ3) is 2.36. The maximum absolute atomic E-state index is 11.0. The molecule has 13 heavy (non-hydrogen) atoms. The number of hydrogen-bond donors (Lipinski definition) is 2. The number of thiol groups is 1. The molecule has 2 N–H and O–H groups in total. The minimum atomic E-state index is -0.302. The summed E-state index contributed by atoms with van der Waals surface area (Å²) in [5.74, 6) is 0. The van der Waals surface area contributed by atoms with Crippen molar-refractivity contribution in [1.82, 2.24) is 0 Å². The van der Waals surface area contributed by atoms with Crippen LogP contribution in [0.15, 0.2) is 30.9 Å². The molecule has 0 unspecified atom stereocenters. The van der Waals surface area contributed by atoms with Gasteiger partial charge in [0.15, 0.2) is 0 Å². The van der Waals surface area contributed by atoms with Crippen molar-refractivity contribution in [3.05, 3.63) is 42.0 Å². The molecule has 3 heteroatoms. The topological polar surface area (TPSA) is 43.1 Å². The van der Waals surface area contributed by atoms with Crippen molar-refractivity contribution in [2.75, 3.05) is 5.73 Å². The number of allylic oxidation sites excluding steroid dienone is 1.